The lowest BCUT2D eigenvalue weighted by atomic mass is 10.3. The molecular weight excluding hydrogens is 172 g/mol. The minimum absolute atomic E-state index is 1.13. The van der Waals surface area contributed by atoms with Crippen molar-refractivity contribution in [1.82, 2.24) is 9.97 Å². The Morgan fingerprint density at radius 3 is 1.50 bits per heavy atom. The number of H-pyrrole nitrogens is 2. The van der Waals surface area contributed by atoms with E-state index in [1.165, 1.54) is 11.4 Å². The summed E-state index contributed by atoms with van der Waals surface area (Å²) in [6.07, 6.45) is 4.14. The highest BCUT2D eigenvalue weighted by Gasteiger charge is 1.91. The number of aromatic amines is 2. The first-order chi connectivity index (χ1) is 6.74. The highest BCUT2D eigenvalue weighted by atomic mass is 14.7. The summed E-state index contributed by atoms with van der Waals surface area (Å²) in [5.74, 6) is 0. The first kappa shape index (κ1) is 8.88. The van der Waals surface area contributed by atoms with E-state index >= 15 is 0 Å². The van der Waals surface area contributed by atoms with Crippen molar-refractivity contribution in [2.45, 2.75) is 13.8 Å². The van der Waals surface area contributed by atoms with E-state index in [-0.39, 0.29) is 0 Å². The number of aryl methyl sites for hydroxylation is 2. The Morgan fingerprint density at radius 2 is 1.21 bits per heavy atom. The van der Waals surface area contributed by atoms with Crippen LogP contribution < -0.4 is 0 Å². The summed E-state index contributed by atoms with van der Waals surface area (Å²) in [5, 5.41) is 0. The topological polar surface area (TPSA) is 31.6 Å². The first-order valence-electron chi connectivity index (χ1n) is 4.73. The van der Waals surface area contributed by atoms with Crippen molar-refractivity contribution in [1.29, 1.82) is 0 Å². The van der Waals surface area contributed by atoms with E-state index in [0.29, 0.717) is 0 Å². The van der Waals surface area contributed by atoms with Crippen molar-refractivity contribution >= 4 is 12.2 Å². The van der Waals surface area contributed by atoms with Gasteiger partial charge in [-0.2, -0.15) is 0 Å². The first-order valence-corrected chi connectivity index (χ1v) is 4.73. The van der Waals surface area contributed by atoms with Crippen LogP contribution in [0.4, 0.5) is 0 Å². The maximum Gasteiger partial charge on any atom is 0.0383 e. The quantitative estimate of drug-likeness (QED) is 0.722. The van der Waals surface area contributed by atoms with Crippen molar-refractivity contribution in [2.24, 2.45) is 0 Å². The van der Waals surface area contributed by atoms with Crippen LogP contribution in [0.1, 0.15) is 22.8 Å². The summed E-state index contributed by atoms with van der Waals surface area (Å²) in [6.45, 7) is 4.10. The van der Waals surface area contributed by atoms with Crippen LogP contribution in [0.2, 0.25) is 0 Å². The third-order valence-electron chi connectivity index (χ3n) is 2.15. The van der Waals surface area contributed by atoms with Gasteiger partial charge < -0.3 is 9.97 Å². The predicted molar refractivity (Wildman–Crippen MR) is 60.0 cm³/mol. The summed E-state index contributed by atoms with van der Waals surface area (Å²) >= 11 is 0. The second-order valence-corrected chi connectivity index (χ2v) is 3.53. The Morgan fingerprint density at radius 1 is 0.786 bits per heavy atom. The van der Waals surface area contributed by atoms with Crippen LogP contribution in [0.5, 0.6) is 0 Å². The van der Waals surface area contributed by atoms with E-state index in [1.807, 2.05) is 0 Å². The predicted octanol–water partition coefficient (Wildman–Crippen LogP) is 3.13. The van der Waals surface area contributed by atoms with Crippen LogP contribution in [0.15, 0.2) is 24.3 Å². The molecule has 14 heavy (non-hydrogen) atoms. The lowest BCUT2D eigenvalue weighted by molar-refractivity contribution is 1.24. The average Bonchev–Trinajstić information content (AvgIpc) is 2.72. The van der Waals surface area contributed by atoms with Crippen molar-refractivity contribution in [3.8, 4) is 0 Å². The Hall–Kier alpha value is -1.70. The van der Waals surface area contributed by atoms with E-state index in [0.717, 1.165) is 11.4 Å². The fourth-order valence-electron chi connectivity index (χ4n) is 1.43. The minimum atomic E-state index is 1.13. The number of hydrogen-bond donors (Lipinski definition) is 2. The maximum atomic E-state index is 3.25. The van der Waals surface area contributed by atoms with Crippen molar-refractivity contribution < 1.29 is 0 Å². The van der Waals surface area contributed by atoms with E-state index in [4.69, 9.17) is 0 Å². The molecule has 0 aromatic carbocycles. The average molecular weight is 186 g/mol. The van der Waals surface area contributed by atoms with Gasteiger partial charge in [-0.05, 0) is 50.3 Å². The van der Waals surface area contributed by atoms with E-state index in [1.54, 1.807) is 0 Å². The van der Waals surface area contributed by atoms with Crippen molar-refractivity contribution in [3.05, 3.63) is 47.0 Å². The molecule has 0 fully saturated rings. The highest BCUT2D eigenvalue weighted by molar-refractivity contribution is 5.66. The smallest absolute Gasteiger partial charge is 0.0383 e. The fraction of sp³-hybridized carbons (Fsp3) is 0.167. The molecule has 2 N–H and O–H groups in total. The van der Waals surface area contributed by atoms with Crippen LogP contribution in [0, 0.1) is 13.8 Å². The zero-order chi connectivity index (χ0) is 9.97. The van der Waals surface area contributed by atoms with Gasteiger partial charge in [0.15, 0.2) is 0 Å². The van der Waals surface area contributed by atoms with Crippen molar-refractivity contribution in [2.75, 3.05) is 0 Å². The van der Waals surface area contributed by atoms with Gasteiger partial charge in [0.25, 0.3) is 0 Å². The minimum Gasteiger partial charge on any atom is -0.359 e. The number of rotatable bonds is 2. The molecule has 2 aromatic rings. The van der Waals surface area contributed by atoms with Gasteiger partial charge in [-0.25, -0.2) is 0 Å². The second kappa shape index (κ2) is 3.58. The molecule has 2 heteroatoms. The van der Waals surface area contributed by atoms with Crippen molar-refractivity contribution in [3.63, 3.8) is 0 Å². The summed E-state index contributed by atoms with van der Waals surface area (Å²) in [4.78, 5) is 6.50. The largest absolute Gasteiger partial charge is 0.359 e. The molecule has 0 aliphatic heterocycles. The Kier molecular flexibility index (Phi) is 2.27. The Labute approximate surface area is 83.7 Å². The van der Waals surface area contributed by atoms with Gasteiger partial charge in [-0.1, -0.05) is 0 Å². The van der Waals surface area contributed by atoms with Gasteiger partial charge in [0, 0.05) is 22.8 Å². The molecular formula is C12H14N2. The van der Waals surface area contributed by atoms with Gasteiger partial charge in [0.2, 0.25) is 0 Å². The maximum absolute atomic E-state index is 3.25. The van der Waals surface area contributed by atoms with E-state index < -0.39 is 0 Å². The van der Waals surface area contributed by atoms with Gasteiger partial charge >= 0.3 is 0 Å². The molecule has 0 saturated heterocycles. The zero-order valence-electron chi connectivity index (χ0n) is 8.46. The second-order valence-electron chi connectivity index (χ2n) is 3.53. The summed E-state index contributed by atoms with van der Waals surface area (Å²) in [6, 6.07) is 8.28. The van der Waals surface area contributed by atoms with Crippen LogP contribution >= 0.6 is 0 Å². The molecule has 0 aliphatic carbocycles. The van der Waals surface area contributed by atoms with E-state index in [2.05, 4.69) is 60.2 Å². The fourth-order valence-corrected chi connectivity index (χ4v) is 1.43. The van der Waals surface area contributed by atoms with Crippen LogP contribution in [-0.4, -0.2) is 9.97 Å². The third kappa shape index (κ3) is 1.96. The molecule has 0 radical (unpaired) electrons. The molecule has 2 heterocycles. The molecule has 0 bridgehead atoms. The SMILES string of the molecule is Cc1ccc(/C=C/c2ccc(C)[nH]2)[nH]1. The van der Waals surface area contributed by atoms with Gasteiger partial charge in [-0.15, -0.1) is 0 Å². The third-order valence-corrected chi connectivity index (χ3v) is 2.15. The van der Waals surface area contributed by atoms with Crippen LogP contribution in [0.3, 0.4) is 0 Å². The molecule has 2 rings (SSSR count). The number of aromatic nitrogens is 2. The summed E-state index contributed by atoms with van der Waals surface area (Å²) < 4.78 is 0. The molecule has 0 saturated carbocycles. The summed E-state index contributed by atoms with van der Waals surface area (Å²) in [7, 11) is 0. The lowest BCUT2D eigenvalue weighted by Crippen LogP contribution is -1.74. The zero-order valence-corrected chi connectivity index (χ0v) is 8.46. The standard InChI is InChI=1S/C12H14N2/c1-9-3-5-11(13-9)7-8-12-6-4-10(2)14-12/h3-8,13-14H,1-2H3/b8-7+. The monoisotopic (exact) mass is 186 g/mol. The van der Waals surface area contributed by atoms with Gasteiger partial charge in [-0.3, -0.25) is 0 Å². The number of hydrogen-bond acceptors (Lipinski definition) is 0. The summed E-state index contributed by atoms with van der Waals surface area (Å²) in [5.41, 5.74) is 4.64. The molecule has 0 spiro atoms. The Bertz CT molecular complexity index is 404. The Balaban J connectivity index is 2.14. The highest BCUT2D eigenvalue weighted by Crippen LogP contribution is 2.07. The molecule has 72 valence electrons. The van der Waals surface area contributed by atoms with E-state index in [9.17, 15) is 0 Å². The van der Waals surface area contributed by atoms with Crippen LogP contribution in [-0.2, 0) is 0 Å². The molecule has 0 amide bonds. The van der Waals surface area contributed by atoms with Gasteiger partial charge in [0.1, 0.15) is 0 Å². The molecule has 2 nitrogen and oxygen atoms in total. The molecule has 2 aromatic heterocycles. The molecule has 0 atom stereocenters. The van der Waals surface area contributed by atoms with Gasteiger partial charge in [0.05, 0.1) is 0 Å². The lowest BCUT2D eigenvalue weighted by Gasteiger charge is -1.87. The normalized spacial score (nSPS) is 11.3. The molecule has 0 unspecified atom stereocenters. The number of nitrogens with one attached hydrogen (secondary N) is 2. The van der Waals surface area contributed by atoms with Crippen LogP contribution in [0.25, 0.3) is 12.2 Å². The molecule has 0 aliphatic rings.